The molecule has 1 saturated carbocycles. The number of carboxylic acid groups (broad SMARTS) is 1. The summed E-state index contributed by atoms with van der Waals surface area (Å²) in [6, 6.07) is 0. The number of amides is 1. The Balaban J connectivity index is 2.71. The maximum absolute atomic E-state index is 11.7. The minimum Gasteiger partial charge on any atom is -0.480 e. The first-order valence-corrected chi connectivity index (χ1v) is 6.05. The van der Waals surface area contributed by atoms with E-state index in [0.29, 0.717) is 18.8 Å². The van der Waals surface area contributed by atoms with Crippen molar-refractivity contribution in [2.75, 3.05) is 20.6 Å². The fourth-order valence-corrected chi connectivity index (χ4v) is 2.51. The molecule has 0 aromatic carbocycles. The number of nitrogens with zero attached hydrogens (tertiary/aromatic N) is 1. The van der Waals surface area contributed by atoms with Crippen molar-refractivity contribution in [1.29, 1.82) is 0 Å². The lowest BCUT2D eigenvalue weighted by Crippen LogP contribution is -2.58. The van der Waals surface area contributed by atoms with Crippen LogP contribution in [0.3, 0.4) is 0 Å². The van der Waals surface area contributed by atoms with Gasteiger partial charge in [0.25, 0.3) is 0 Å². The summed E-state index contributed by atoms with van der Waals surface area (Å²) < 4.78 is 0. The van der Waals surface area contributed by atoms with Crippen LogP contribution < -0.4 is 5.32 Å². The van der Waals surface area contributed by atoms with Crippen LogP contribution in [0.25, 0.3) is 0 Å². The van der Waals surface area contributed by atoms with E-state index in [-0.39, 0.29) is 12.5 Å². The van der Waals surface area contributed by atoms with Crippen molar-refractivity contribution in [3.8, 4) is 0 Å². The Morgan fingerprint density at radius 2 is 2.12 bits per heavy atom. The normalized spacial score (nSPS) is 29.1. The van der Waals surface area contributed by atoms with E-state index in [1.54, 1.807) is 19.0 Å². The second-order valence-electron chi connectivity index (χ2n) is 5.37. The summed E-state index contributed by atoms with van der Waals surface area (Å²) in [6.07, 6.45) is 2.96. The van der Waals surface area contributed by atoms with Crippen LogP contribution in [0.15, 0.2) is 0 Å². The lowest BCUT2D eigenvalue weighted by Gasteiger charge is -2.37. The van der Waals surface area contributed by atoms with Gasteiger partial charge in [-0.1, -0.05) is 19.8 Å². The van der Waals surface area contributed by atoms with Gasteiger partial charge in [-0.15, -0.1) is 0 Å². The zero-order valence-electron chi connectivity index (χ0n) is 10.8. The van der Waals surface area contributed by atoms with Gasteiger partial charge in [0, 0.05) is 0 Å². The third kappa shape index (κ3) is 3.70. The monoisotopic (exact) mass is 242 g/mol. The molecule has 2 N–H and O–H groups in total. The third-order valence-corrected chi connectivity index (χ3v) is 3.25. The predicted molar refractivity (Wildman–Crippen MR) is 64.7 cm³/mol. The summed E-state index contributed by atoms with van der Waals surface area (Å²) in [6.45, 7) is 2.26. The van der Waals surface area contributed by atoms with E-state index in [4.69, 9.17) is 0 Å². The number of nitrogens with one attached hydrogen (secondary N) is 1. The van der Waals surface area contributed by atoms with Gasteiger partial charge in [-0.2, -0.15) is 0 Å². The maximum atomic E-state index is 11.7. The predicted octanol–water partition coefficient (Wildman–Crippen LogP) is 0.698. The van der Waals surface area contributed by atoms with E-state index in [1.165, 1.54) is 0 Å². The number of aliphatic carboxylic acids is 1. The smallest absolute Gasteiger partial charge is 0.329 e. The van der Waals surface area contributed by atoms with Gasteiger partial charge in [0.15, 0.2) is 0 Å². The molecule has 5 nitrogen and oxygen atoms in total. The Morgan fingerprint density at radius 3 is 2.59 bits per heavy atom. The topological polar surface area (TPSA) is 69.6 Å². The average molecular weight is 242 g/mol. The van der Waals surface area contributed by atoms with Gasteiger partial charge in [-0.25, -0.2) is 4.79 Å². The molecule has 0 bridgehead atoms. The van der Waals surface area contributed by atoms with Crippen molar-refractivity contribution < 1.29 is 14.7 Å². The van der Waals surface area contributed by atoms with Crippen LogP contribution >= 0.6 is 0 Å². The zero-order chi connectivity index (χ0) is 13.1. The number of carbonyl (C=O) groups excluding carboxylic acids is 1. The summed E-state index contributed by atoms with van der Waals surface area (Å²) in [5.74, 6) is -0.776. The van der Waals surface area contributed by atoms with Crippen molar-refractivity contribution >= 4 is 11.9 Å². The summed E-state index contributed by atoms with van der Waals surface area (Å²) >= 11 is 0. The highest BCUT2D eigenvalue weighted by molar-refractivity contribution is 5.88. The van der Waals surface area contributed by atoms with Crippen molar-refractivity contribution in [3.05, 3.63) is 0 Å². The molecule has 1 aliphatic carbocycles. The second kappa shape index (κ2) is 5.49. The molecule has 1 aliphatic rings. The van der Waals surface area contributed by atoms with E-state index in [1.807, 2.05) is 6.92 Å². The molecule has 0 aromatic rings. The molecule has 0 saturated heterocycles. The molecular formula is C12H22N2O3. The SMILES string of the molecule is CC1CCCC(NC(=O)CN(C)C)(C(=O)O)C1. The van der Waals surface area contributed by atoms with E-state index < -0.39 is 11.5 Å². The Kier molecular flexibility index (Phi) is 4.51. The summed E-state index contributed by atoms with van der Waals surface area (Å²) in [7, 11) is 3.58. The van der Waals surface area contributed by atoms with Crippen molar-refractivity contribution in [2.45, 2.75) is 38.1 Å². The van der Waals surface area contributed by atoms with Gasteiger partial charge in [-0.3, -0.25) is 4.79 Å². The molecule has 0 aliphatic heterocycles. The number of carbonyl (C=O) groups is 2. The third-order valence-electron chi connectivity index (χ3n) is 3.25. The van der Waals surface area contributed by atoms with Gasteiger partial charge in [0.05, 0.1) is 6.54 Å². The fraction of sp³-hybridized carbons (Fsp3) is 0.833. The first-order chi connectivity index (χ1) is 7.85. The van der Waals surface area contributed by atoms with Crippen molar-refractivity contribution in [2.24, 2.45) is 5.92 Å². The molecule has 2 unspecified atom stereocenters. The zero-order valence-corrected chi connectivity index (χ0v) is 10.8. The molecular weight excluding hydrogens is 220 g/mol. The fourth-order valence-electron chi connectivity index (χ4n) is 2.51. The number of hydrogen-bond acceptors (Lipinski definition) is 3. The molecule has 0 spiro atoms. The highest BCUT2D eigenvalue weighted by atomic mass is 16.4. The van der Waals surface area contributed by atoms with E-state index in [0.717, 1.165) is 12.8 Å². The molecule has 0 radical (unpaired) electrons. The lowest BCUT2D eigenvalue weighted by molar-refractivity contribution is -0.150. The van der Waals surface area contributed by atoms with Crippen molar-refractivity contribution in [3.63, 3.8) is 0 Å². The van der Waals surface area contributed by atoms with Gasteiger partial charge in [0.1, 0.15) is 5.54 Å². The summed E-state index contributed by atoms with van der Waals surface area (Å²) in [5, 5.41) is 12.1. The minimum atomic E-state index is -1.05. The maximum Gasteiger partial charge on any atom is 0.329 e. The number of likely N-dealkylation sites (N-methyl/N-ethyl adjacent to an activating group) is 1. The first kappa shape index (κ1) is 14.0. The van der Waals surface area contributed by atoms with Crippen LogP contribution in [0.5, 0.6) is 0 Å². The molecule has 1 amide bonds. The van der Waals surface area contributed by atoms with E-state index in [2.05, 4.69) is 5.32 Å². The number of rotatable bonds is 4. The Bertz CT molecular complexity index is 304. The lowest BCUT2D eigenvalue weighted by atomic mass is 9.76. The Hall–Kier alpha value is -1.10. The first-order valence-electron chi connectivity index (χ1n) is 6.05. The van der Waals surface area contributed by atoms with Crippen LogP contribution in [0, 0.1) is 5.92 Å². The highest BCUT2D eigenvalue weighted by Gasteiger charge is 2.43. The van der Waals surface area contributed by atoms with Crippen LogP contribution in [-0.2, 0) is 9.59 Å². The van der Waals surface area contributed by atoms with Gasteiger partial charge in [-0.05, 0) is 32.9 Å². The highest BCUT2D eigenvalue weighted by Crippen LogP contribution is 2.32. The van der Waals surface area contributed by atoms with E-state index >= 15 is 0 Å². The van der Waals surface area contributed by atoms with Crippen LogP contribution in [0.1, 0.15) is 32.6 Å². The van der Waals surface area contributed by atoms with Crippen LogP contribution in [0.4, 0.5) is 0 Å². The van der Waals surface area contributed by atoms with Crippen molar-refractivity contribution in [1.82, 2.24) is 10.2 Å². The molecule has 1 rings (SSSR count). The number of hydrogen-bond donors (Lipinski definition) is 2. The molecule has 2 atom stereocenters. The Morgan fingerprint density at radius 1 is 1.47 bits per heavy atom. The molecule has 0 aromatic heterocycles. The second-order valence-corrected chi connectivity index (χ2v) is 5.37. The molecule has 17 heavy (non-hydrogen) atoms. The largest absolute Gasteiger partial charge is 0.480 e. The van der Waals surface area contributed by atoms with Crippen LogP contribution in [-0.4, -0.2) is 48.1 Å². The summed E-state index contributed by atoms with van der Waals surface area (Å²) in [4.78, 5) is 24.9. The Labute approximate surface area is 102 Å². The molecule has 5 heteroatoms. The van der Waals surface area contributed by atoms with Gasteiger partial charge in [0.2, 0.25) is 5.91 Å². The number of carboxylic acids is 1. The molecule has 1 fully saturated rings. The minimum absolute atomic E-state index is 0.216. The molecule has 98 valence electrons. The quantitative estimate of drug-likeness (QED) is 0.761. The van der Waals surface area contributed by atoms with Gasteiger partial charge >= 0.3 is 5.97 Å². The average Bonchev–Trinajstić information content (AvgIpc) is 2.15. The standard InChI is InChI=1S/C12H22N2O3/c1-9-5-4-6-12(7-9,11(16)17)13-10(15)8-14(2)3/h9H,4-8H2,1-3H3,(H,13,15)(H,16,17). The molecule has 0 heterocycles. The summed E-state index contributed by atoms with van der Waals surface area (Å²) in [5.41, 5.74) is -1.05. The van der Waals surface area contributed by atoms with Crippen LogP contribution in [0.2, 0.25) is 0 Å². The van der Waals surface area contributed by atoms with E-state index in [9.17, 15) is 14.7 Å². The van der Waals surface area contributed by atoms with Gasteiger partial charge < -0.3 is 15.3 Å².